The van der Waals surface area contributed by atoms with Crippen molar-refractivity contribution in [2.45, 2.75) is 26.7 Å². The van der Waals surface area contributed by atoms with Crippen LogP contribution in [0.2, 0.25) is 0 Å². The van der Waals surface area contributed by atoms with E-state index in [-0.39, 0.29) is 0 Å². The van der Waals surface area contributed by atoms with Crippen LogP contribution >= 0.6 is 0 Å². The van der Waals surface area contributed by atoms with Gasteiger partial charge in [0.2, 0.25) is 5.89 Å². The van der Waals surface area contributed by atoms with Crippen LogP contribution in [0.4, 0.5) is 0 Å². The summed E-state index contributed by atoms with van der Waals surface area (Å²) < 4.78 is 4.86. The fourth-order valence-electron chi connectivity index (χ4n) is 1.02. The molecule has 0 saturated carbocycles. The van der Waals surface area contributed by atoms with Crippen molar-refractivity contribution in [1.82, 2.24) is 15.5 Å². The third-order valence-corrected chi connectivity index (χ3v) is 1.82. The van der Waals surface area contributed by atoms with Crippen LogP contribution in [0.5, 0.6) is 0 Å². The van der Waals surface area contributed by atoms with Gasteiger partial charge in [-0.1, -0.05) is 19.0 Å². The summed E-state index contributed by atoms with van der Waals surface area (Å²) in [5.41, 5.74) is 0. The Morgan fingerprint density at radius 2 is 2.31 bits per heavy atom. The molecule has 1 aromatic rings. The monoisotopic (exact) mass is 183 g/mol. The number of hydrogen-bond acceptors (Lipinski definition) is 4. The topological polar surface area (TPSA) is 51.0 Å². The van der Waals surface area contributed by atoms with Gasteiger partial charge in [-0.3, -0.25) is 0 Å². The summed E-state index contributed by atoms with van der Waals surface area (Å²) in [6, 6.07) is 0. The molecular weight excluding hydrogens is 166 g/mol. The molecule has 13 heavy (non-hydrogen) atoms. The summed E-state index contributed by atoms with van der Waals surface area (Å²) in [7, 11) is 0. The highest BCUT2D eigenvalue weighted by atomic mass is 16.5. The zero-order valence-electron chi connectivity index (χ0n) is 8.29. The quantitative estimate of drug-likeness (QED) is 0.674. The highest BCUT2D eigenvalue weighted by Gasteiger charge is 1.98. The predicted molar refractivity (Wildman–Crippen MR) is 50.3 cm³/mol. The molecule has 0 aromatic carbocycles. The first-order valence-electron chi connectivity index (χ1n) is 4.75. The Bertz CT molecular complexity index is 209. The number of rotatable bonds is 6. The van der Waals surface area contributed by atoms with Crippen molar-refractivity contribution < 1.29 is 4.52 Å². The van der Waals surface area contributed by atoms with Gasteiger partial charge in [-0.25, -0.2) is 0 Å². The van der Waals surface area contributed by atoms with Gasteiger partial charge >= 0.3 is 0 Å². The van der Waals surface area contributed by atoms with E-state index in [1.54, 1.807) is 0 Å². The van der Waals surface area contributed by atoms with Crippen LogP contribution in [0.1, 0.15) is 26.2 Å². The van der Waals surface area contributed by atoms with Gasteiger partial charge in [0.1, 0.15) is 0 Å². The Kier molecular flexibility index (Phi) is 4.46. The lowest BCUT2D eigenvalue weighted by atomic mass is 10.1. The summed E-state index contributed by atoms with van der Waals surface area (Å²) in [6.07, 6.45) is 3.46. The number of aromatic nitrogens is 2. The standard InChI is InChI=1S/C9H17N3O/c1-8(2)3-5-10-6-4-9-11-7-12-13-9/h7-8,10H,3-6H2,1-2H3. The number of nitrogens with one attached hydrogen (secondary N) is 1. The van der Waals surface area contributed by atoms with E-state index in [1.165, 1.54) is 12.7 Å². The molecule has 0 bridgehead atoms. The van der Waals surface area contributed by atoms with E-state index in [0.717, 1.165) is 25.4 Å². The molecule has 0 saturated heterocycles. The van der Waals surface area contributed by atoms with Crippen molar-refractivity contribution in [3.8, 4) is 0 Å². The largest absolute Gasteiger partial charge is 0.340 e. The van der Waals surface area contributed by atoms with Gasteiger partial charge in [0, 0.05) is 13.0 Å². The normalized spacial score (nSPS) is 11.0. The van der Waals surface area contributed by atoms with E-state index in [0.29, 0.717) is 5.89 Å². The highest BCUT2D eigenvalue weighted by molar-refractivity contribution is 4.74. The first-order valence-corrected chi connectivity index (χ1v) is 4.75. The van der Waals surface area contributed by atoms with Crippen molar-refractivity contribution in [1.29, 1.82) is 0 Å². The number of hydrogen-bond donors (Lipinski definition) is 1. The van der Waals surface area contributed by atoms with Crippen molar-refractivity contribution >= 4 is 0 Å². The van der Waals surface area contributed by atoms with Gasteiger partial charge in [0.25, 0.3) is 0 Å². The second kappa shape index (κ2) is 5.70. The fourth-order valence-corrected chi connectivity index (χ4v) is 1.02. The van der Waals surface area contributed by atoms with Crippen LogP contribution in [0.25, 0.3) is 0 Å². The van der Waals surface area contributed by atoms with E-state index in [4.69, 9.17) is 4.52 Å². The Hall–Kier alpha value is -0.900. The summed E-state index contributed by atoms with van der Waals surface area (Å²) in [4.78, 5) is 3.93. The van der Waals surface area contributed by atoms with E-state index in [1.807, 2.05) is 0 Å². The van der Waals surface area contributed by atoms with E-state index >= 15 is 0 Å². The minimum Gasteiger partial charge on any atom is -0.340 e. The van der Waals surface area contributed by atoms with Crippen LogP contribution in [-0.2, 0) is 6.42 Å². The van der Waals surface area contributed by atoms with Crippen LogP contribution in [0.3, 0.4) is 0 Å². The van der Waals surface area contributed by atoms with Gasteiger partial charge in [-0.2, -0.15) is 4.98 Å². The molecule has 0 amide bonds. The summed E-state index contributed by atoms with van der Waals surface area (Å²) >= 11 is 0. The molecule has 0 aliphatic heterocycles. The molecule has 74 valence electrons. The van der Waals surface area contributed by atoms with Gasteiger partial charge < -0.3 is 9.84 Å². The average Bonchev–Trinajstić information content (AvgIpc) is 2.55. The maximum Gasteiger partial charge on any atom is 0.227 e. The Morgan fingerprint density at radius 3 is 2.92 bits per heavy atom. The summed E-state index contributed by atoms with van der Waals surface area (Å²) in [6.45, 7) is 6.42. The lowest BCUT2D eigenvalue weighted by molar-refractivity contribution is 0.374. The average molecular weight is 183 g/mol. The maximum absolute atomic E-state index is 4.86. The molecule has 0 atom stereocenters. The summed E-state index contributed by atoms with van der Waals surface area (Å²) in [5.74, 6) is 1.47. The van der Waals surface area contributed by atoms with Crippen LogP contribution in [0.15, 0.2) is 10.9 Å². The smallest absolute Gasteiger partial charge is 0.227 e. The molecule has 0 aliphatic rings. The van der Waals surface area contributed by atoms with Crippen molar-refractivity contribution in [2.24, 2.45) is 5.92 Å². The van der Waals surface area contributed by atoms with Gasteiger partial charge in [0.15, 0.2) is 6.33 Å². The second-order valence-electron chi connectivity index (χ2n) is 3.52. The predicted octanol–water partition coefficient (Wildman–Crippen LogP) is 1.25. The molecule has 0 spiro atoms. The van der Waals surface area contributed by atoms with Crippen molar-refractivity contribution in [3.63, 3.8) is 0 Å². The minimum atomic E-state index is 0.706. The Morgan fingerprint density at radius 1 is 1.46 bits per heavy atom. The first-order chi connectivity index (χ1) is 6.29. The molecule has 0 fully saturated rings. The van der Waals surface area contributed by atoms with E-state index in [2.05, 4.69) is 29.3 Å². The number of nitrogens with zero attached hydrogens (tertiary/aromatic N) is 2. The van der Waals surface area contributed by atoms with Gasteiger partial charge in [-0.15, -0.1) is 0 Å². The highest BCUT2D eigenvalue weighted by Crippen LogP contribution is 1.96. The lowest BCUT2D eigenvalue weighted by Gasteiger charge is -2.04. The first kappa shape index (κ1) is 10.2. The zero-order chi connectivity index (χ0) is 9.52. The Labute approximate surface area is 78.7 Å². The molecule has 1 heterocycles. The zero-order valence-corrected chi connectivity index (χ0v) is 8.29. The maximum atomic E-state index is 4.86. The van der Waals surface area contributed by atoms with E-state index < -0.39 is 0 Å². The Balaban J connectivity index is 1.96. The summed E-state index contributed by atoms with van der Waals surface area (Å²) in [5, 5.41) is 6.86. The third kappa shape index (κ3) is 4.62. The second-order valence-corrected chi connectivity index (χ2v) is 3.52. The molecule has 1 aromatic heterocycles. The minimum absolute atomic E-state index is 0.706. The molecule has 0 radical (unpaired) electrons. The van der Waals surface area contributed by atoms with Crippen molar-refractivity contribution in [2.75, 3.05) is 13.1 Å². The molecule has 1 rings (SSSR count). The lowest BCUT2D eigenvalue weighted by Crippen LogP contribution is -2.19. The third-order valence-electron chi connectivity index (χ3n) is 1.82. The molecule has 4 heteroatoms. The van der Waals surface area contributed by atoms with Crippen LogP contribution in [-0.4, -0.2) is 23.2 Å². The van der Waals surface area contributed by atoms with E-state index in [9.17, 15) is 0 Å². The van der Waals surface area contributed by atoms with Crippen molar-refractivity contribution in [3.05, 3.63) is 12.2 Å². The molecule has 1 N–H and O–H groups in total. The molecule has 0 aliphatic carbocycles. The molecular formula is C9H17N3O. The van der Waals surface area contributed by atoms with Crippen LogP contribution < -0.4 is 5.32 Å². The van der Waals surface area contributed by atoms with Gasteiger partial charge in [-0.05, 0) is 18.9 Å². The molecule has 4 nitrogen and oxygen atoms in total. The van der Waals surface area contributed by atoms with Crippen LogP contribution in [0, 0.1) is 5.92 Å². The molecule has 0 unspecified atom stereocenters. The fraction of sp³-hybridized carbons (Fsp3) is 0.778. The van der Waals surface area contributed by atoms with Gasteiger partial charge in [0.05, 0.1) is 0 Å². The SMILES string of the molecule is CC(C)CCNCCc1ncno1.